The molecule has 1 aromatic heterocycles. The molecule has 2 aromatic carbocycles. The van der Waals surface area contributed by atoms with Gasteiger partial charge in [-0.2, -0.15) is 0 Å². The van der Waals surface area contributed by atoms with Crippen LogP contribution in [0.25, 0.3) is 0 Å². The van der Waals surface area contributed by atoms with Crippen LogP contribution in [-0.2, 0) is 6.42 Å². The fraction of sp³-hybridized carbons (Fsp3) is 0.158. The lowest BCUT2D eigenvalue weighted by atomic mass is 10.1. The molecule has 0 unspecified atom stereocenters. The minimum Gasteiger partial charge on any atom is -0.370 e. The summed E-state index contributed by atoms with van der Waals surface area (Å²) in [6.07, 6.45) is 0.860. The van der Waals surface area contributed by atoms with Gasteiger partial charge in [-0.05, 0) is 31.0 Å². The zero-order valence-corrected chi connectivity index (χ0v) is 13.8. The molecule has 128 valence electrons. The first-order valence-electron chi connectivity index (χ1n) is 7.96. The van der Waals surface area contributed by atoms with Crippen molar-refractivity contribution in [1.29, 1.82) is 0 Å². The molecule has 4 nitrogen and oxygen atoms in total. The Morgan fingerprint density at radius 2 is 1.68 bits per heavy atom. The van der Waals surface area contributed by atoms with Crippen LogP contribution in [0.15, 0.2) is 54.6 Å². The molecule has 3 rings (SSSR count). The summed E-state index contributed by atoms with van der Waals surface area (Å²) in [4.78, 5) is 8.56. The van der Waals surface area contributed by atoms with Crippen LogP contribution in [0.1, 0.15) is 11.4 Å². The van der Waals surface area contributed by atoms with Crippen LogP contribution in [-0.4, -0.2) is 16.5 Å². The zero-order chi connectivity index (χ0) is 17.6. The third-order valence-corrected chi connectivity index (χ3v) is 3.59. The summed E-state index contributed by atoms with van der Waals surface area (Å²) in [5, 5.41) is 6.09. The smallest absolute Gasteiger partial charge is 0.149 e. The van der Waals surface area contributed by atoms with E-state index in [1.807, 2.05) is 18.2 Å². The number of aryl methyl sites for hydroxylation is 1. The normalized spacial score (nSPS) is 10.5. The molecule has 0 saturated heterocycles. The Kier molecular flexibility index (Phi) is 5.18. The third-order valence-electron chi connectivity index (χ3n) is 3.59. The van der Waals surface area contributed by atoms with Gasteiger partial charge in [-0.1, -0.05) is 30.3 Å². The van der Waals surface area contributed by atoms with Gasteiger partial charge in [0.1, 0.15) is 29.1 Å². The molecule has 0 aliphatic heterocycles. The first-order valence-corrected chi connectivity index (χ1v) is 7.96. The maximum atomic E-state index is 13.8. The van der Waals surface area contributed by atoms with Gasteiger partial charge in [-0.15, -0.1) is 0 Å². The molecule has 1 heterocycles. The third kappa shape index (κ3) is 4.73. The quantitative estimate of drug-likeness (QED) is 0.695. The molecule has 0 bridgehead atoms. The lowest BCUT2D eigenvalue weighted by Gasteiger charge is -2.11. The summed E-state index contributed by atoms with van der Waals surface area (Å²) >= 11 is 0. The van der Waals surface area contributed by atoms with Crippen molar-refractivity contribution in [2.45, 2.75) is 13.3 Å². The molecular weight excluding hydrogens is 322 g/mol. The molecule has 0 aliphatic carbocycles. The second-order valence-corrected chi connectivity index (χ2v) is 5.60. The number of rotatable bonds is 6. The van der Waals surface area contributed by atoms with Crippen molar-refractivity contribution in [3.05, 3.63) is 77.6 Å². The van der Waals surface area contributed by atoms with Gasteiger partial charge in [-0.25, -0.2) is 18.7 Å². The predicted octanol–water partition coefficient (Wildman–Crippen LogP) is 4.46. The highest BCUT2D eigenvalue weighted by atomic mass is 19.1. The van der Waals surface area contributed by atoms with Gasteiger partial charge in [0.05, 0.1) is 5.69 Å². The number of nitrogens with zero attached hydrogens (tertiary/aromatic N) is 2. The van der Waals surface area contributed by atoms with Crippen molar-refractivity contribution < 1.29 is 8.78 Å². The van der Waals surface area contributed by atoms with Crippen LogP contribution >= 0.6 is 0 Å². The van der Waals surface area contributed by atoms with Gasteiger partial charge in [0, 0.05) is 18.7 Å². The number of nitrogens with one attached hydrogen (secondary N) is 2. The SMILES string of the molecule is Cc1nc(NCCc2ccccc2)cc(Nc2ccc(F)cc2F)n1. The largest absolute Gasteiger partial charge is 0.370 e. The summed E-state index contributed by atoms with van der Waals surface area (Å²) in [5.74, 6) is 0.350. The summed E-state index contributed by atoms with van der Waals surface area (Å²) in [6.45, 7) is 2.47. The molecule has 0 fully saturated rings. The van der Waals surface area contributed by atoms with Crippen LogP contribution in [0.3, 0.4) is 0 Å². The number of anilines is 3. The van der Waals surface area contributed by atoms with Crippen LogP contribution in [0.5, 0.6) is 0 Å². The number of halogens is 2. The highest BCUT2D eigenvalue weighted by molar-refractivity contribution is 5.59. The Hall–Kier alpha value is -3.02. The predicted molar refractivity (Wildman–Crippen MR) is 95.0 cm³/mol. The van der Waals surface area contributed by atoms with E-state index in [-0.39, 0.29) is 5.69 Å². The maximum Gasteiger partial charge on any atom is 0.149 e. The number of hydrogen-bond acceptors (Lipinski definition) is 4. The summed E-state index contributed by atoms with van der Waals surface area (Å²) in [6, 6.07) is 15.2. The topological polar surface area (TPSA) is 49.8 Å². The van der Waals surface area contributed by atoms with Crippen molar-refractivity contribution in [2.75, 3.05) is 17.2 Å². The highest BCUT2D eigenvalue weighted by Crippen LogP contribution is 2.21. The second kappa shape index (κ2) is 7.70. The number of aromatic nitrogens is 2. The van der Waals surface area contributed by atoms with Gasteiger partial charge >= 0.3 is 0 Å². The molecule has 6 heteroatoms. The van der Waals surface area contributed by atoms with Gasteiger partial charge in [0.15, 0.2) is 0 Å². The molecule has 0 atom stereocenters. The van der Waals surface area contributed by atoms with Crippen LogP contribution < -0.4 is 10.6 Å². The van der Waals surface area contributed by atoms with Gasteiger partial charge in [0.2, 0.25) is 0 Å². The van der Waals surface area contributed by atoms with Crippen molar-refractivity contribution in [1.82, 2.24) is 9.97 Å². The standard InChI is InChI=1S/C19H18F2N4/c1-13-23-18(22-10-9-14-5-3-2-4-6-14)12-19(24-13)25-17-8-7-15(20)11-16(17)21/h2-8,11-12H,9-10H2,1H3,(H2,22,23,24,25). The molecule has 0 saturated carbocycles. The Morgan fingerprint density at radius 3 is 2.44 bits per heavy atom. The summed E-state index contributed by atoms with van der Waals surface area (Å²) in [7, 11) is 0. The van der Waals surface area contributed by atoms with E-state index in [0.717, 1.165) is 12.5 Å². The van der Waals surface area contributed by atoms with E-state index in [4.69, 9.17) is 0 Å². The summed E-state index contributed by atoms with van der Waals surface area (Å²) in [5.41, 5.74) is 1.39. The average Bonchev–Trinajstić information content (AvgIpc) is 2.58. The molecule has 0 aliphatic rings. The lowest BCUT2D eigenvalue weighted by molar-refractivity contribution is 0.586. The zero-order valence-electron chi connectivity index (χ0n) is 13.8. The minimum absolute atomic E-state index is 0.162. The Balaban J connectivity index is 1.67. The van der Waals surface area contributed by atoms with E-state index in [1.165, 1.54) is 17.7 Å². The van der Waals surface area contributed by atoms with Gasteiger partial charge in [0.25, 0.3) is 0 Å². The lowest BCUT2D eigenvalue weighted by Crippen LogP contribution is -2.08. The van der Waals surface area contributed by atoms with E-state index >= 15 is 0 Å². The maximum absolute atomic E-state index is 13.8. The van der Waals surface area contributed by atoms with Crippen molar-refractivity contribution in [3.8, 4) is 0 Å². The van der Waals surface area contributed by atoms with Crippen molar-refractivity contribution in [2.24, 2.45) is 0 Å². The van der Waals surface area contributed by atoms with E-state index in [2.05, 4.69) is 32.7 Å². The van der Waals surface area contributed by atoms with Crippen molar-refractivity contribution >= 4 is 17.3 Å². The molecule has 2 N–H and O–H groups in total. The highest BCUT2D eigenvalue weighted by Gasteiger charge is 2.07. The Bertz CT molecular complexity index is 853. The Morgan fingerprint density at radius 1 is 0.920 bits per heavy atom. The first-order chi connectivity index (χ1) is 12.1. The Labute approximate surface area is 145 Å². The van der Waals surface area contributed by atoms with Crippen LogP contribution in [0.4, 0.5) is 26.1 Å². The van der Waals surface area contributed by atoms with Crippen LogP contribution in [0, 0.1) is 18.6 Å². The van der Waals surface area contributed by atoms with Crippen LogP contribution in [0.2, 0.25) is 0 Å². The fourth-order valence-corrected chi connectivity index (χ4v) is 2.43. The molecule has 0 radical (unpaired) electrons. The second-order valence-electron chi connectivity index (χ2n) is 5.60. The summed E-state index contributed by atoms with van der Waals surface area (Å²) < 4.78 is 26.8. The van der Waals surface area contributed by atoms with E-state index in [9.17, 15) is 8.78 Å². The molecule has 0 amide bonds. The molecule has 0 spiro atoms. The molecular formula is C19H18F2N4. The average molecular weight is 340 g/mol. The van der Waals surface area contributed by atoms with Gasteiger partial charge < -0.3 is 10.6 Å². The first kappa shape index (κ1) is 16.8. The number of benzene rings is 2. The van der Waals surface area contributed by atoms with E-state index in [1.54, 1.807) is 13.0 Å². The fourth-order valence-electron chi connectivity index (χ4n) is 2.43. The van der Waals surface area contributed by atoms with E-state index in [0.29, 0.717) is 24.0 Å². The van der Waals surface area contributed by atoms with Gasteiger partial charge in [-0.3, -0.25) is 0 Å². The van der Waals surface area contributed by atoms with E-state index < -0.39 is 11.6 Å². The molecule has 25 heavy (non-hydrogen) atoms. The van der Waals surface area contributed by atoms with Crippen molar-refractivity contribution in [3.63, 3.8) is 0 Å². The minimum atomic E-state index is -0.671. The number of hydrogen-bond donors (Lipinski definition) is 2. The monoisotopic (exact) mass is 340 g/mol. The molecule has 3 aromatic rings.